The van der Waals surface area contributed by atoms with Crippen molar-refractivity contribution in [2.75, 3.05) is 6.61 Å². The van der Waals surface area contributed by atoms with E-state index in [1.54, 1.807) is 13.8 Å². The Kier molecular flexibility index (Phi) is 4.62. The highest BCUT2D eigenvalue weighted by atomic mass is 16.5. The molecule has 118 valence electrons. The van der Waals surface area contributed by atoms with Gasteiger partial charge in [-0.05, 0) is 49.6 Å². The molecule has 0 atom stereocenters. The zero-order chi connectivity index (χ0) is 16.4. The molecule has 0 heterocycles. The molecule has 0 unspecified atom stereocenters. The summed E-state index contributed by atoms with van der Waals surface area (Å²) in [6.07, 6.45) is 0. The summed E-state index contributed by atoms with van der Waals surface area (Å²) in [6.45, 7) is 10.7. The van der Waals surface area contributed by atoms with E-state index in [1.165, 1.54) is 11.1 Å². The normalized spacial score (nSPS) is 12.3. The van der Waals surface area contributed by atoms with Crippen molar-refractivity contribution in [3.63, 3.8) is 0 Å². The number of hydrogen-bond donors (Lipinski definition) is 1. The summed E-state index contributed by atoms with van der Waals surface area (Å²) in [7, 11) is 0. The van der Waals surface area contributed by atoms with Gasteiger partial charge in [-0.15, -0.1) is 0 Å². The van der Waals surface area contributed by atoms with Gasteiger partial charge in [0.15, 0.2) is 0 Å². The predicted octanol–water partition coefficient (Wildman–Crippen LogP) is 4.64. The van der Waals surface area contributed by atoms with Crippen LogP contribution in [0.25, 0.3) is 0 Å². The molecule has 22 heavy (non-hydrogen) atoms. The highest BCUT2D eigenvalue weighted by molar-refractivity contribution is 5.41. The van der Waals surface area contributed by atoms with E-state index >= 15 is 0 Å². The van der Waals surface area contributed by atoms with Gasteiger partial charge in [0, 0.05) is 5.41 Å². The van der Waals surface area contributed by atoms with Gasteiger partial charge >= 0.3 is 0 Å². The maximum absolute atomic E-state index is 10.1. The average molecular weight is 298 g/mol. The van der Waals surface area contributed by atoms with Crippen LogP contribution in [0.2, 0.25) is 0 Å². The third-order valence-corrected chi connectivity index (χ3v) is 4.20. The van der Waals surface area contributed by atoms with Crippen LogP contribution in [0.4, 0.5) is 0 Å². The SMILES string of the molecule is CCOc1ccc(C(C)(C)c2ccc(C(C)(C)O)cc2)cc1. The Labute approximate surface area is 133 Å². The topological polar surface area (TPSA) is 29.5 Å². The monoisotopic (exact) mass is 298 g/mol. The lowest BCUT2D eigenvalue weighted by Crippen LogP contribution is -2.20. The van der Waals surface area contributed by atoms with Crippen LogP contribution in [0, 0.1) is 0 Å². The van der Waals surface area contributed by atoms with Crippen LogP contribution >= 0.6 is 0 Å². The second-order valence-electron chi connectivity index (χ2n) is 6.72. The Bertz CT molecular complexity index is 602. The standard InChI is InChI=1S/C20H26O2/c1-6-22-18-13-11-16(12-14-18)19(2,3)15-7-9-17(10-8-15)20(4,5)21/h7-14,21H,6H2,1-5H3. The molecule has 1 N–H and O–H groups in total. The van der Waals surface area contributed by atoms with Crippen LogP contribution in [-0.4, -0.2) is 11.7 Å². The van der Waals surface area contributed by atoms with Gasteiger partial charge in [-0.2, -0.15) is 0 Å². The first-order valence-corrected chi connectivity index (χ1v) is 7.82. The van der Waals surface area contributed by atoms with Crippen LogP contribution in [0.3, 0.4) is 0 Å². The van der Waals surface area contributed by atoms with E-state index in [1.807, 2.05) is 31.2 Å². The van der Waals surface area contributed by atoms with Crippen LogP contribution in [0.5, 0.6) is 5.75 Å². The molecule has 0 radical (unpaired) electrons. The molecule has 0 aliphatic carbocycles. The summed E-state index contributed by atoms with van der Waals surface area (Å²) >= 11 is 0. The van der Waals surface area contributed by atoms with Crippen LogP contribution in [0.1, 0.15) is 51.3 Å². The van der Waals surface area contributed by atoms with Crippen molar-refractivity contribution in [1.82, 2.24) is 0 Å². The fourth-order valence-corrected chi connectivity index (χ4v) is 2.60. The Balaban J connectivity index is 2.29. The van der Waals surface area contributed by atoms with Crippen LogP contribution in [-0.2, 0) is 11.0 Å². The Morgan fingerprint density at radius 2 is 1.18 bits per heavy atom. The molecule has 2 aromatic rings. The minimum absolute atomic E-state index is 0.0944. The molecule has 0 saturated heterocycles. The summed E-state index contributed by atoms with van der Waals surface area (Å²) in [5.74, 6) is 0.902. The van der Waals surface area contributed by atoms with Crippen molar-refractivity contribution < 1.29 is 9.84 Å². The first-order valence-electron chi connectivity index (χ1n) is 7.82. The smallest absolute Gasteiger partial charge is 0.119 e. The van der Waals surface area contributed by atoms with E-state index in [0.29, 0.717) is 6.61 Å². The van der Waals surface area contributed by atoms with Gasteiger partial charge in [-0.3, -0.25) is 0 Å². The zero-order valence-corrected chi connectivity index (χ0v) is 14.2. The molecule has 2 aromatic carbocycles. The fraction of sp³-hybridized carbons (Fsp3) is 0.400. The van der Waals surface area contributed by atoms with E-state index in [9.17, 15) is 5.11 Å². The summed E-state index contributed by atoms with van der Waals surface area (Å²) in [6, 6.07) is 16.5. The lowest BCUT2D eigenvalue weighted by molar-refractivity contribution is 0.0785. The van der Waals surface area contributed by atoms with Gasteiger partial charge in [-0.25, -0.2) is 0 Å². The molecule has 2 nitrogen and oxygen atoms in total. The van der Waals surface area contributed by atoms with Gasteiger partial charge in [0.1, 0.15) is 5.75 Å². The van der Waals surface area contributed by atoms with Gasteiger partial charge in [0.05, 0.1) is 12.2 Å². The Morgan fingerprint density at radius 1 is 0.773 bits per heavy atom. The molecular weight excluding hydrogens is 272 g/mol. The molecule has 0 fully saturated rings. The van der Waals surface area contributed by atoms with Crippen molar-refractivity contribution >= 4 is 0 Å². The maximum atomic E-state index is 10.1. The molecule has 0 bridgehead atoms. The lowest BCUT2D eigenvalue weighted by atomic mass is 9.77. The highest BCUT2D eigenvalue weighted by Gasteiger charge is 2.24. The molecule has 0 amide bonds. The van der Waals surface area contributed by atoms with Crippen molar-refractivity contribution in [2.45, 2.75) is 45.6 Å². The second-order valence-corrected chi connectivity index (χ2v) is 6.72. The minimum atomic E-state index is -0.804. The molecular formula is C20H26O2. The van der Waals surface area contributed by atoms with Gasteiger partial charge in [-0.1, -0.05) is 50.2 Å². The zero-order valence-electron chi connectivity index (χ0n) is 14.2. The molecule has 0 saturated carbocycles. The number of rotatable bonds is 5. The van der Waals surface area contributed by atoms with E-state index in [-0.39, 0.29) is 5.41 Å². The third-order valence-electron chi connectivity index (χ3n) is 4.20. The number of hydrogen-bond acceptors (Lipinski definition) is 2. The number of benzene rings is 2. The van der Waals surface area contributed by atoms with Crippen LogP contribution < -0.4 is 4.74 Å². The second kappa shape index (κ2) is 6.13. The summed E-state index contributed by atoms with van der Waals surface area (Å²) in [5, 5.41) is 10.1. The minimum Gasteiger partial charge on any atom is -0.494 e. The van der Waals surface area contributed by atoms with E-state index < -0.39 is 5.60 Å². The molecule has 2 rings (SSSR count). The third kappa shape index (κ3) is 3.50. The number of aliphatic hydroxyl groups is 1. The summed E-state index contributed by atoms with van der Waals surface area (Å²) in [5.41, 5.74) is 2.50. The highest BCUT2D eigenvalue weighted by Crippen LogP contribution is 2.33. The fourth-order valence-electron chi connectivity index (χ4n) is 2.60. The largest absolute Gasteiger partial charge is 0.494 e. The maximum Gasteiger partial charge on any atom is 0.119 e. The quantitative estimate of drug-likeness (QED) is 0.871. The summed E-state index contributed by atoms with van der Waals surface area (Å²) in [4.78, 5) is 0. The number of ether oxygens (including phenoxy) is 1. The molecule has 2 heteroatoms. The Morgan fingerprint density at radius 3 is 1.59 bits per heavy atom. The Hall–Kier alpha value is -1.80. The van der Waals surface area contributed by atoms with Crippen molar-refractivity contribution in [3.05, 3.63) is 65.2 Å². The predicted molar refractivity (Wildman–Crippen MR) is 91.4 cm³/mol. The van der Waals surface area contributed by atoms with Crippen LogP contribution in [0.15, 0.2) is 48.5 Å². The van der Waals surface area contributed by atoms with E-state index in [0.717, 1.165) is 11.3 Å². The molecule has 0 aliphatic heterocycles. The summed E-state index contributed by atoms with van der Waals surface area (Å²) < 4.78 is 5.50. The average Bonchev–Trinajstić information content (AvgIpc) is 2.47. The molecule has 0 aromatic heterocycles. The van der Waals surface area contributed by atoms with Crippen molar-refractivity contribution in [2.24, 2.45) is 0 Å². The van der Waals surface area contributed by atoms with Gasteiger partial charge in [0.2, 0.25) is 0 Å². The van der Waals surface area contributed by atoms with Crippen molar-refractivity contribution in [1.29, 1.82) is 0 Å². The lowest BCUT2D eigenvalue weighted by Gasteiger charge is -2.27. The van der Waals surface area contributed by atoms with E-state index in [4.69, 9.17) is 4.74 Å². The van der Waals surface area contributed by atoms with Gasteiger partial charge in [0.25, 0.3) is 0 Å². The molecule has 0 spiro atoms. The van der Waals surface area contributed by atoms with E-state index in [2.05, 4.69) is 38.1 Å². The molecule has 0 aliphatic rings. The van der Waals surface area contributed by atoms with Gasteiger partial charge < -0.3 is 9.84 Å². The first-order chi connectivity index (χ1) is 10.2. The first kappa shape index (κ1) is 16.6. The van der Waals surface area contributed by atoms with Crippen molar-refractivity contribution in [3.8, 4) is 5.75 Å².